The predicted molar refractivity (Wildman–Crippen MR) is 238 cm³/mol. The van der Waals surface area contributed by atoms with E-state index in [2.05, 4.69) is 5.32 Å². The number of aromatic nitrogens is 2. The first-order valence-corrected chi connectivity index (χ1v) is 22.5. The number of ether oxygens (including phenoxy) is 4. The fourth-order valence-electron chi connectivity index (χ4n) is 6.37. The van der Waals surface area contributed by atoms with Crippen LogP contribution < -0.4 is 11.1 Å². The second-order valence-corrected chi connectivity index (χ2v) is 16.9. The summed E-state index contributed by atoms with van der Waals surface area (Å²) in [5.41, 5.74) is 6.78. The number of hydrogen-bond donors (Lipinski definition) is 3. The van der Waals surface area contributed by atoms with Crippen molar-refractivity contribution in [2.75, 3.05) is 90.5 Å². The zero-order valence-corrected chi connectivity index (χ0v) is 38.6. The van der Waals surface area contributed by atoms with Gasteiger partial charge in [0, 0.05) is 62.3 Å². The summed E-state index contributed by atoms with van der Waals surface area (Å²) in [5.74, 6) is -3.63. The Kier molecular flexibility index (Phi) is 24.1. The third-order valence-electron chi connectivity index (χ3n) is 9.50. The molecular weight excluding hydrogens is 912 g/mol. The minimum absolute atomic E-state index is 0.0502. The molecule has 370 valence electrons. The van der Waals surface area contributed by atoms with Crippen molar-refractivity contribution in [1.82, 2.24) is 24.7 Å². The van der Waals surface area contributed by atoms with Crippen LogP contribution in [-0.2, 0) is 49.5 Å². The van der Waals surface area contributed by atoms with Gasteiger partial charge < -0.3 is 44.6 Å². The van der Waals surface area contributed by atoms with Gasteiger partial charge >= 0.3 is 12.1 Å². The van der Waals surface area contributed by atoms with Gasteiger partial charge in [0.15, 0.2) is 0 Å². The van der Waals surface area contributed by atoms with Crippen LogP contribution in [0.15, 0.2) is 66.9 Å². The van der Waals surface area contributed by atoms with Gasteiger partial charge in [0.1, 0.15) is 17.5 Å². The van der Waals surface area contributed by atoms with Crippen LogP contribution in [0.1, 0.15) is 51.0 Å². The Labute approximate surface area is 390 Å². The maximum absolute atomic E-state index is 15.0. The molecule has 2 heterocycles. The molecule has 4 amide bonds. The van der Waals surface area contributed by atoms with Crippen molar-refractivity contribution >= 4 is 41.4 Å². The van der Waals surface area contributed by atoms with Crippen LogP contribution in [0.3, 0.4) is 0 Å². The number of aliphatic carboxylic acids is 1. The molecule has 22 heteroatoms. The highest BCUT2D eigenvalue weighted by molar-refractivity contribution is 7.99. The van der Waals surface area contributed by atoms with Gasteiger partial charge in [-0.25, -0.2) is 18.6 Å². The zero-order valence-electron chi connectivity index (χ0n) is 37.7. The summed E-state index contributed by atoms with van der Waals surface area (Å²) in [6.07, 6.45) is -0.225. The molecule has 0 fully saturated rings. The van der Waals surface area contributed by atoms with E-state index in [1.54, 1.807) is 6.20 Å². The van der Waals surface area contributed by atoms with Gasteiger partial charge in [-0.15, -0.1) is 11.8 Å². The summed E-state index contributed by atoms with van der Waals surface area (Å²) in [4.78, 5) is 65.6. The number of alkyl halides is 3. The summed E-state index contributed by atoms with van der Waals surface area (Å²) >= 11 is 1.46. The molecule has 4 rings (SSSR count). The molecule has 0 bridgehead atoms. The Balaban J connectivity index is 0.00000157. The minimum atomic E-state index is -5.08. The quantitative estimate of drug-likeness (QED) is 0.0499. The van der Waals surface area contributed by atoms with Crippen LogP contribution in [0, 0.1) is 17.0 Å². The van der Waals surface area contributed by atoms with Crippen LogP contribution in [0.25, 0.3) is 11.3 Å². The van der Waals surface area contributed by atoms with Crippen LogP contribution >= 0.6 is 11.8 Å². The summed E-state index contributed by atoms with van der Waals surface area (Å²) in [7, 11) is 0. The number of imidazole rings is 1. The molecule has 4 N–H and O–H groups in total. The van der Waals surface area contributed by atoms with Gasteiger partial charge in [0.2, 0.25) is 11.8 Å². The van der Waals surface area contributed by atoms with Gasteiger partial charge in [0.25, 0.3) is 11.8 Å². The van der Waals surface area contributed by atoms with Gasteiger partial charge in [-0.05, 0) is 42.1 Å². The SMILES string of the molecule is CC(C)(C)[C@H](c1nc(-c2cc(F)ccc2F)cn1Cc1ccccc1)N(CCCN)C(=O)CSCCOCCOCCOCCOCCC(=O)NCCN1C(=O)C=CC1=O.O=C(O)C(F)(F)F. The topological polar surface area (TPSA) is 205 Å². The lowest BCUT2D eigenvalue weighted by Gasteiger charge is -2.40. The van der Waals surface area contributed by atoms with Crippen LogP contribution in [0.5, 0.6) is 0 Å². The first kappa shape index (κ1) is 56.1. The predicted octanol–water partition coefficient (Wildman–Crippen LogP) is 5.01. The highest BCUT2D eigenvalue weighted by Gasteiger charge is 2.39. The normalized spacial score (nSPS) is 13.1. The van der Waals surface area contributed by atoms with Gasteiger partial charge in [-0.1, -0.05) is 51.1 Å². The first-order valence-electron chi connectivity index (χ1n) is 21.4. The number of nitrogens with zero attached hydrogens (tertiary/aromatic N) is 4. The first-order chi connectivity index (χ1) is 31.8. The van der Waals surface area contributed by atoms with Crippen LogP contribution in [0.2, 0.25) is 0 Å². The number of amides is 4. The summed E-state index contributed by atoms with van der Waals surface area (Å²) in [5, 5.41) is 9.78. The number of carboxylic acids is 1. The smallest absolute Gasteiger partial charge is 0.475 e. The molecule has 0 saturated heterocycles. The summed E-state index contributed by atoms with van der Waals surface area (Å²) in [6.45, 7) is 10.4. The summed E-state index contributed by atoms with van der Waals surface area (Å²) in [6, 6.07) is 12.6. The Bertz CT molecular complexity index is 2050. The molecule has 0 saturated carbocycles. The van der Waals surface area contributed by atoms with E-state index >= 15 is 4.39 Å². The number of thioether (sulfide) groups is 1. The Morgan fingerprint density at radius 1 is 0.881 bits per heavy atom. The molecule has 0 spiro atoms. The van der Waals surface area contributed by atoms with E-state index in [1.807, 2.05) is 60.6 Å². The summed E-state index contributed by atoms with van der Waals surface area (Å²) < 4.78 is 85.2. The molecular formula is C45H59F5N6O10S. The molecule has 67 heavy (non-hydrogen) atoms. The molecule has 0 aliphatic carbocycles. The molecule has 1 aliphatic rings. The van der Waals surface area contributed by atoms with E-state index in [9.17, 15) is 36.7 Å². The van der Waals surface area contributed by atoms with E-state index in [4.69, 9.17) is 39.6 Å². The fourth-order valence-corrected chi connectivity index (χ4v) is 7.09. The molecule has 3 aromatic rings. The lowest BCUT2D eigenvalue weighted by Crippen LogP contribution is -2.44. The average Bonchev–Trinajstić information content (AvgIpc) is 3.82. The molecule has 1 atom stereocenters. The second kappa shape index (κ2) is 28.8. The van der Waals surface area contributed by atoms with E-state index < -0.39 is 35.2 Å². The number of halogens is 5. The molecule has 16 nitrogen and oxygen atoms in total. The lowest BCUT2D eigenvalue weighted by atomic mass is 9.84. The molecule has 0 radical (unpaired) electrons. The largest absolute Gasteiger partial charge is 0.490 e. The van der Waals surface area contributed by atoms with Crippen molar-refractivity contribution in [1.29, 1.82) is 0 Å². The molecule has 0 unspecified atom stereocenters. The molecule has 1 aromatic heterocycles. The molecule has 2 aromatic carbocycles. The van der Waals surface area contributed by atoms with Crippen molar-refractivity contribution in [2.45, 2.75) is 52.4 Å². The van der Waals surface area contributed by atoms with Gasteiger partial charge in [-0.2, -0.15) is 13.2 Å². The Morgan fingerprint density at radius 2 is 1.46 bits per heavy atom. The van der Waals surface area contributed by atoms with Crippen molar-refractivity contribution in [3.63, 3.8) is 0 Å². The van der Waals surface area contributed by atoms with Crippen molar-refractivity contribution in [2.24, 2.45) is 11.1 Å². The Morgan fingerprint density at radius 3 is 2.03 bits per heavy atom. The van der Waals surface area contributed by atoms with Crippen LogP contribution in [0.4, 0.5) is 22.0 Å². The number of hydrogen-bond acceptors (Lipinski definition) is 12. The standard InChI is InChI=1S/C43H58F2N6O8S.C2HF3O2/c1-43(2,3)41(42-48-36(34-28-33(44)10-11-35(34)45)30-49(42)29-32-8-5-4-6-9-32)51(17-7-15-46)40(55)31-60-27-26-59-25-24-58-23-22-57-21-20-56-19-14-37(52)47-16-18-50-38(53)12-13-39(50)54;3-2(4,5)1(6)7/h4-6,8-13,28,30,41H,7,14-27,29,31,46H2,1-3H3,(H,47,52);(H,6,7)/t41-;/m0./s1. The van der Waals surface area contributed by atoms with Crippen LogP contribution in [-0.4, -0.2) is 151 Å². The van der Waals surface area contributed by atoms with Crippen molar-refractivity contribution in [3.05, 3.63) is 89.9 Å². The maximum atomic E-state index is 15.0. The number of carboxylic acid groups (broad SMARTS) is 1. The molecule has 1 aliphatic heterocycles. The van der Waals surface area contributed by atoms with E-state index in [0.29, 0.717) is 83.9 Å². The maximum Gasteiger partial charge on any atom is 0.490 e. The lowest BCUT2D eigenvalue weighted by molar-refractivity contribution is -0.192. The number of nitrogens with one attached hydrogen (secondary N) is 1. The number of rotatable bonds is 28. The third kappa shape index (κ3) is 20.2. The third-order valence-corrected chi connectivity index (χ3v) is 10.4. The van der Waals surface area contributed by atoms with Gasteiger partial charge in [0.05, 0.1) is 70.3 Å². The number of carbonyl (C=O) groups excluding carboxylic acids is 4. The second-order valence-electron chi connectivity index (χ2n) is 15.8. The zero-order chi connectivity index (χ0) is 49.4. The van der Waals surface area contributed by atoms with E-state index in [0.717, 1.165) is 28.7 Å². The number of imide groups is 1. The van der Waals surface area contributed by atoms with Crippen molar-refractivity contribution in [3.8, 4) is 11.3 Å². The van der Waals surface area contributed by atoms with E-state index in [1.165, 1.54) is 23.9 Å². The van der Waals surface area contributed by atoms with E-state index in [-0.39, 0.29) is 66.8 Å². The number of nitrogens with two attached hydrogens (primary N) is 1. The highest BCUT2D eigenvalue weighted by atomic mass is 32.2. The van der Waals surface area contributed by atoms with Crippen molar-refractivity contribution < 1.29 is 70.0 Å². The average molecular weight is 971 g/mol. The number of benzene rings is 2. The Hall–Kier alpha value is -5.26. The highest BCUT2D eigenvalue weighted by Crippen LogP contribution is 2.40. The minimum Gasteiger partial charge on any atom is -0.475 e. The fraction of sp³-hybridized carbons (Fsp3) is 0.511. The monoisotopic (exact) mass is 970 g/mol. The van der Waals surface area contributed by atoms with Gasteiger partial charge in [-0.3, -0.25) is 24.1 Å². The number of carbonyl (C=O) groups is 5.